The summed E-state index contributed by atoms with van der Waals surface area (Å²) in [5.74, 6) is -0.813. The van der Waals surface area contributed by atoms with Crippen LogP contribution in [-0.2, 0) is 14.4 Å². The Hall–Kier alpha value is -2.78. The van der Waals surface area contributed by atoms with E-state index in [0.717, 1.165) is 17.9 Å². The molecule has 0 radical (unpaired) electrons. The summed E-state index contributed by atoms with van der Waals surface area (Å²) in [6, 6.07) is 6.74. The first-order valence-corrected chi connectivity index (χ1v) is 15.9. The summed E-state index contributed by atoms with van der Waals surface area (Å²) in [4.78, 5) is 48.8. The summed E-state index contributed by atoms with van der Waals surface area (Å²) in [7, 11) is 0. The molecule has 42 heavy (non-hydrogen) atoms. The number of benzene rings is 1. The van der Waals surface area contributed by atoms with Gasteiger partial charge in [0.05, 0.1) is 23.2 Å². The van der Waals surface area contributed by atoms with Gasteiger partial charge in [0.15, 0.2) is 0 Å². The highest BCUT2D eigenvalue weighted by Crippen LogP contribution is 2.71. The zero-order valence-electron chi connectivity index (χ0n) is 25.8. The van der Waals surface area contributed by atoms with Gasteiger partial charge in [-0.25, -0.2) is 0 Å². The van der Waals surface area contributed by atoms with Crippen molar-refractivity contribution in [3.05, 3.63) is 49.6 Å². The van der Waals surface area contributed by atoms with Crippen LogP contribution in [0.1, 0.15) is 60.3 Å². The first-order valence-electron chi connectivity index (χ1n) is 15.1. The van der Waals surface area contributed by atoms with Crippen molar-refractivity contribution in [2.75, 3.05) is 37.7 Å². The molecule has 8 nitrogen and oxygen atoms in total. The van der Waals surface area contributed by atoms with Gasteiger partial charge in [-0.1, -0.05) is 12.2 Å². The van der Waals surface area contributed by atoms with E-state index in [9.17, 15) is 19.5 Å². The molecule has 3 aliphatic heterocycles. The van der Waals surface area contributed by atoms with Gasteiger partial charge in [-0.15, -0.1) is 24.9 Å². The monoisotopic (exact) mass is 597 g/mol. The van der Waals surface area contributed by atoms with Crippen LogP contribution < -0.4 is 9.64 Å². The van der Waals surface area contributed by atoms with Crippen molar-refractivity contribution in [2.24, 2.45) is 11.8 Å². The van der Waals surface area contributed by atoms with Crippen molar-refractivity contribution in [3.63, 3.8) is 0 Å². The van der Waals surface area contributed by atoms with Gasteiger partial charge in [-0.2, -0.15) is 0 Å². The molecule has 0 aromatic heterocycles. The third kappa shape index (κ3) is 5.50. The molecule has 3 saturated heterocycles. The summed E-state index contributed by atoms with van der Waals surface area (Å²) < 4.78 is 4.41. The van der Waals surface area contributed by atoms with Gasteiger partial charge < -0.3 is 24.5 Å². The fourth-order valence-electron chi connectivity index (χ4n) is 7.20. The summed E-state index contributed by atoms with van der Waals surface area (Å²) >= 11 is 1.68. The van der Waals surface area contributed by atoms with Crippen molar-refractivity contribution in [3.8, 4) is 5.75 Å². The summed E-state index contributed by atoms with van der Waals surface area (Å²) in [5.41, 5.74) is 0.241. The predicted octanol–water partition coefficient (Wildman–Crippen LogP) is 4.67. The molecule has 1 aromatic carbocycles. The number of hydrogen-bond acceptors (Lipinski definition) is 6. The van der Waals surface area contributed by atoms with E-state index in [4.69, 9.17) is 4.74 Å². The highest BCUT2D eigenvalue weighted by Gasteiger charge is 2.77. The van der Waals surface area contributed by atoms with E-state index >= 15 is 0 Å². The number of rotatable bonds is 13. The average molecular weight is 598 g/mol. The molecule has 1 spiro atoms. The Balaban J connectivity index is 1.77. The first kappa shape index (κ1) is 32.1. The minimum Gasteiger partial charge on any atom is -0.494 e. The third-order valence-electron chi connectivity index (χ3n) is 9.01. The zero-order chi connectivity index (χ0) is 30.9. The number of anilines is 1. The number of aliphatic hydroxyl groups is 1. The van der Waals surface area contributed by atoms with Gasteiger partial charge in [-0.05, 0) is 84.6 Å². The number of aliphatic hydroxyl groups excluding tert-OH is 1. The molecule has 1 N–H and O–H groups in total. The molecule has 9 heteroatoms. The summed E-state index contributed by atoms with van der Waals surface area (Å²) in [6.07, 6.45) is 5.98. The standard InChI is InChI=1S/C33H47N3O5S/c1-8-19-34(23-13-15-24(16-14-23)41-10-3)28(38)25-26-29(39)35(21-11-12-22-37)27(33(26)18-17-32(25,7)42-33)30(40)36(20-9-2)31(4,5)6/h8-9,13-16,25-27,37H,1-2,10-12,17-22H2,3-7H3/t25-,26+,27?,32+,33?/m1/s1. The fraction of sp³-hybridized carbons (Fsp3) is 0.606. The number of carbonyl (C=O) groups excluding carboxylic acids is 3. The molecule has 0 saturated carbocycles. The lowest BCUT2D eigenvalue weighted by Crippen LogP contribution is -2.59. The SMILES string of the molecule is C=CCN(C(=O)[C@H]1[C@H]2C(=O)N(CCCCO)C(C(=O)N(CC=C)C(C)(C)C)C23CC[C@]1(C)S3)c1ccc(OCC)cc1. The molecule has 3 fully saturated rings. The van der Waals surface area contributed by atoms with Crippen molar-refractivity contribution in [2.45, 2.75) is 81.4 Å². The van der Waals surface area contributed by atoms with Crippen molar-refractivity contribution < 1.29 is 24.2 Å². The van der Waals surface area contributed by atoms with Crippen molar-refractivity contribution >= 4 is 35.2 Å². The number of carbonyl (C=O) groups is 3. The second kappa shape index (κ2) is 12.4. The molecular weight excluding hydrogens is 550 g/mol. The lowest BCUT2D eigenvalue weighted by atomic mass is 9.66. The van der Waals surface area contributed by atoms with Crippen molar-refractivity contribution in [1.82, 2.24) is 9.80 Å². The maximum absolute atomic E-state index is 14.6. The van der Waals surface area contributed by atoms with E-state index in [1.165, 1.54) is 0 Å². The molecule has 3 aliphatic rings. The zero-order valence-corrected chi connectivity index (χ0v) is 26.6. The van der Waals surface area contributed by atoms with E-state index in [-0.39, 0.29) is 24.3 Å². The second-order valence-electron chi connectivity index (χ2n) is 12.8. The molecule has 230 valence electrons. The van der Waals surface area contributed by atoms with Crippen LogP contribution in [0.25, 0.3) is 0 Å². The fourth-order valence-corrected chi connectivity index (χ4v) is 9.54. The molecular formula is C33H47N3O5S. The van der Waals surface area contributed by atoms with Gasteiger partial charge >= 0.3 is 0 Å². The highest BCUT2D eigenvalue weighted by molar-refractivity contribution is 8.02. The number of amides is 3. The van der Waals surface area contributed by atoms with Gasteiger partial charge in [0.2, 0.25) is 17.7 Å². The normalized spacial score (nSPS) is 28.0. The Kier molecular flexibility index (Phi) is 9.53. The van der Waals surface area contributed by atoms with Gasteiger partial charge in [-0.3, -0.25) is 14.4 Å². The molecule has 2 unspecified atom stereocenters. The quantitative estimate of drug-likeness (QED) is 0.263. The first-order chi connectivity index (χ1) is 19.9. The maximum Gasteiger partial charge on any atom is 0.247 e. The van der Waals surface area contributed by atoms with E-state index in [1.807, 2.05) is 56.9 Å². The van der Waals surface area contributed by atoms with E-state index in [2.05, 4.69) is 20.1 Å². The van der Waals surface area contributed by atoms with E-state index in [1.54, 1.807) is 33.7 Å². The molecule has 3 heterocycles. The van der Waals surface area contributed by atoms with Crippen LogP contribution in [0.2, 0.25) is 0 Å². The van der Waals surface area contributed by atoms with Crippen LogP contribution in [0, 0.1) is 11.8 Å². The third-order valence-corrected chi connectivity index (χ3v) is 11.0. The Morgan fingerprint density at radius 2 is 1.79 bits per heavy atom. The molecule has 5 atom stereocenters. The smallest absolute Gasteiger partial charge is 0.247 e. The number of fused-ring (bicyclic) bond motifs is 1. The summed E-state index contributed by atoms with van der Waals surface area (Å²) in [6.45, 7) is 19.4. The van der Waals surface area contributed by atoms with E-state index < -0.39 is 32.9 Å². The number of ether oxygens (including phenoxy) is 1. The minimum atomic E-state index is -0.703. The van der Waals surface area contributed by atoms with Gasteiger partial charge in [0.25, 0.3) is 0 Å². The van der Waals surface area contributed by atoms with Crippen LogP contribution in [0.3, 0.4) is 0 Å². The van der Waals surface area contributed by atoms with Crippen LogP contribution in [0.15, 0.2) is 49.6 Å². The van der Waals surface area contributed by atoms with E-state index in [0.29, 0.717) is 45.5 Å². The number of unbranched alkanes of at least 4 members (excludes halogenated alkanes) is 1. The molecule has 3 amide bonds. The van der Waals surface area contributed by atoms with Crippen LogP contribution in [0.4, 0.5) is 5.69 Å². The van der Waals surface area contributed by atoms with Gasteiger partial charge in [0.1, 0.15) is 11.8 Å². The van der Waals surface area contributed by atoms with Crippen molar-refractivity contribution in [1.29, 1.82) is 0 Å². The Morgan fingerprint density at radius 3 is 2.36 bits per heavy atom. The van der Waals surface area contributed by atoms with Crippen LogP contribution >= 0.6 is 11.8 Å². The number of likely N-dealkylation sites (tertiary alicyclic amines) is 1. The number of nitrogens with zero attached hydrogens (tertiary/aromatic N) is 3. The molecule has 4 rings (SSSR count). The lowest BCUT2D eigenvalue weighted by Gasteiger charge is -2.42. The number of hydrogen-bond donors (Lipinski definition) is 1. The number of thioether (sulfide) groups is 1. The van der Waals surface area contributed by atoms with Gasteiger partial charge in [0, 0.05) is 42.2 Å². The second-order valence-corrected chi connectivity index (χ2v) is 14.7. The van der Waals surface area contributed by atoms with Crippen LogP contribution in [-0.4, -0.2) is 86.6 Å². The molecule has 0 aliphatic carbocycles. The largest absolute Gasteiger partial charge is 0.494 e. The molecule has 1 aromatic rings. The highest BCUT2D eigenvalue weighted by atomic mass is 32.2. The molecule has 2 bridgehead atoms. The minimum absolute atomic E-state index is 0.0202. The lowest BCUT2D eigenvalue weighted by molar-refractivity contribution is -0.145. The Bertz CT molecular complexity index is 1200. The Labute approximate surface area is 255 Å². The van der Waals surface area contributed by atoms with Crippen LogP contribution in [0.5, 0.6) is 5.75 Å². The summed E-state index contributed by atoms with van der Waals surface area (Å²) in [5, 5.41) is 9.47. The predicted molar refractivity (Wildman–Crippen MR) is 169 cm³/mol. The average Bonchev–Trinajstić information content (AvgIpc) is 3.50. The Morgan fingerprint density at radius 1 is 1.12 bits per heavy atom. The topological polar surface area (TPSA) is 90.4 Å². The maximum atomic E-state index is 14.6.